The van der Waals surface area contributed by atoms with Crippen LogP contribution in [0, 0.1) is 0 Å². The van der Waals surface area contributed by atoms with Crippen LogP contribution in [0.25, 0.3) is 0 Å². The van der Waals surface area contributed by atoms with E-state index in [4.69, 9.17) is 5.11 Å². The monoisotopic (exact) mass is 216 g/mol. The predicted molar refractivity (Wildman–Crippen MR) is 52.7 cm³/mol. The van der Waals surface area contributed by atoms with Crippen molar-refractivity contribution in [1.29, 1.82) is 0 Å². The normalized spacial score (nSPS) is 28.6. The molecule has 0 aromatic heterocycles. The Bertz CT molecular complexity index is 389. The van der Waals surface area contributed by atoms with Crippen LogP contribution in [0.5, 0.6) is 0 Å². The van der Waals surface area contributed by atoms with Gasteiger partial charge in [-0.15, -0.1) is 0 Å². The van der Waals surface area contributed by atoms with Crippen molar-refractivity contribution in [2.45, 2.75) is 18.6 Å². The predicted octanol–water partition coefficient (Wildman–Crippen LogP) is 0.761. The van der Waals surface area contributed by atoms with E-state index in [-0.39, 0.29) is 5.75 Å². The van der Waals surface area contributed by atoms with Crippen LogP contribution in [0.4, 0.5) is 0 Å². The highest BCUT2D eigenvalue weighted by Gasteiger charge is 2.30. The third-order valence-corrected chi connectivity index (χ3v) is 4.44. The van der Waals surface area contributed by atoms with E-state index in [0.717, 1.165) is 11.6 Å². The lowest BCUT2D eigenvalue weighted by molar-refractivity contribution is -0.131. The Morgan fingerprint density at radius 1 is 1.57 bits per heavy atom. The highest BCUT2D eigenvalue weighted by molar-refractivity contribution is 7.92. The van der Waals surface area contributed by atoms with E-state index in [0.29, 0.717) is 6.42 Å². The van der Waals surface area contributed by atoms with Crippen LogP contribution < -0.4 is 0 Å². The molecular formula is C9H12O4S. The molecule has 4 nitrogen and oxygen atoms in total. The van der Waals surface area contributed by atoms with E-state index >= 15 is 0 Å². The van der Waals surface area contributed by atoms with Gasteiger partial charge in [-0.25, -0.2) is 13.2 Å². The van der Waals surface area contributed by atoms with Crippen LogP contribution in [0.1, 0.15) is 13.3 Å². The van der Waals surface area contributed by atoms with E-state index < -0.39 is 21.1 Å². The van der Waals surface area contributed by atoms with Crippen molar-refractivity contribution in [1.82, 2.24) is 0 Å². The maximum atomic E-state index is 11.3. The van der Waals surface area contributed by atoms with Crippen LogP contribution in [0.3, 0.4) is 0 Å². The van der Waals surface area contributed by atoms with Crippen molar-refractivity contribution < 1.29 is 18.3 Å². The summed E-state index contributed by atoms with van der Waals surface area (Å²) in [6, 6.07) is 0. The topological polar surface area (TPSA) is 71.4 Å². The number of rotatable bonds is 2. The molecule has 1 aliphatic heterocycles. The summed E-state index contributed by atoms with van der Waals surface area (Å²) in [7, 11) is -2.97. The largest absolute Gasteiger partial charge is 0.478 e. The Balaban J connectivity index is 2.78. The summed E-state index contributed by atoms with van der Waals surface area (Å²) < 4.78 is 22.6. The summed E-state index contributed by atoms with van der Waals surface area (Å²) in [6.45, 7) is 1.63. The zero-order valence-electron chi connectivity index (χ0n) is 7.80. The van der Waals surface area contributed by atoms with Gasteiger partial charge in [0.15, 0.2) is 9.84 Å². The average Bonchev–Trinajstić information content (AvgIpc) is 2.31. The molecule has 1 rings (SSSR count). The maximum absolute atomic E-state index is 11.3. The smallest absolute Gasteiger partial charge is 0.328 e. The van der Waals surface area contributed by atoms with Crippen LogP contribution in [0.15, 0.2) is 23.8 Å². The second-order valence-electron chi connectivity index (χ2n) is 3.20. The molecule has 5 heteroatoms. The van der Waals surface area contributed by atoms with E-state index in [2.05, 4.69) is 0 Å². The Morgan fingerprint density at radius 2 is 2.21 bits per heavy atom. The van der Waals surface area contributed by atoms with Crippen LogP contribution in [-0.4, -0.2) is 30.5 Å². The molecule has 1 fully saturated rings. The summed E-state index contributed by atoms with van der Waals surface area (Å²) >= 11 is 0. The van der Waals surface area contributed by atoms with Crippen molar-refractivity contribution in [2.24, 2.45) is 0 Å². The van der Waals surface area contributed by atoms with Crippen molar-refractivity contribution in [2.75, 3.05) is 5.75 Å². The standard InChI is InChI=1S/C9H12O4S/c1-7-8(3-2-4-9(10)11)5-6-14(7,12)13/h2-4,7H,5-6H2,1H3,(H,10,11)/b4-2+,8-3+. The molecule has 0 saturated carbocycles. The Labute approximate surface area is 82.9 Å². The van der Waals surface area contributed by atoms with Gasteiger partial charge in [0.2, 0.25) is 0 Å². The number of carbonyl (C=O) groups is 1. The first-order chi connectivity index (χ1) is 6.43. The molecule has 14 heavy (non-hydrogen) atoms. The van der Waals surface area contributed by atoms with Gasteiger partial charge in [-0.1, -0.05) is 17.7 Å². The molecule has 0 radical (unpaired) electrons. The van der Waals surface area contributed by atoms with Crippen molar-refractivity contribution >= 4 is 15.8 Å². The minimum Gasteiger partial charge on any atom is -0.478 e. The van der Waals surface area contributed by atoms with Gasteiger partial charge >= 0.3 is 5.97 Å². The molecule has 1 N–H and O–H groups in total. The lowest BCUT2D eigenvalue weighted by Crippen LogP contribution is -2.12. The molecule has 1 heterocycles. The molecular weight excluding hydrogens is 204 g/mol. The maximum Gasteiger partial charge on any atom is 0.328 e. The number of hydrogen-bond acceptors (Lipinski definition) is 3. The van der Waals surface area contributed by atoms with Gasteiger partial charge in [0.1, 0.15) is 0 Å². The number of carboxylic acid groups (broad SMARTS) is 1. The molecule has 0 amide bonds. The lowest BCUT2D eigenvalue weighted by atomic mass is 10.1. The summed E-state index contributed by atoms with van der Waals surface area (Å²) in [4.78, 5) is 10.1. The third kappa shape index (κ3) is 2.45. The van der Waals surface area contributed by atoms with Gasteiger partial charge in [0, 0.05) is 6.08 Å². The molecule has 0 spiro atoms. The fraction of sp³-hybridized carbons (Fsp3) is 0.444. The summed E-state index contributed by atoms with van der Waals surface area (Å²) in [5.41, 5.74) is 0.780. The third-order valence-electron chi connectivity index (χ3n) is 2.29. The molecule has 0 aliphatic carbocycles. The summed E-state index contributed by atoms with van der Waals surface area (Å²) in [5.74, 6) is -0.865. The first-order valence-corrected chi connectivity index (χ1v) is 5.96. The van der Waals surface area contributed by atoms with Crippen molar-refractivity contribution in [3.63, 3.8) is 0 Å². The fourth-order valence-electron chi connectivity index (χ4n) is 1.34. The SMILES string of the molecule is CC1/C(=C/C=C/C(=O)O)CCS1(=O)=O. The number of hydrogen-bond donors (Lipinski definition) is 1. The lowest BCUT2D eigenvalue weighted by Gasteiger charge is -2.01. The number of sulfone groups is 1. The van der Waals surface area contributed by atoms with Gasteiger partial charge in [-0.3, -0.25) is 0 Å². The fourth-order valence-corrected chi connectivity index (χ4v) is 2.88. The van der Waals surface area contributed by atoms with Gasteiger partial charge < -0.3 is 5.11 Å². The highest BCUT2D eigenvalue weighted by Crippen LogP contribution is 2.25. The van der Waals surface area contributed by atoms with E-state index in [1.165, 1.54) is 6.08 Å². The van der Waals surface area contributed by atoms with Gasteiger partial charge in [0.25, 0.3) is 0 Å². The minimum absolute atomic E-state index is 0.168. The number of allylic oxidation sites excluding steroid dienone is 2. The Kier molecular flexibility index (Phi) is 3.10. The molecule has 1 saturated heterocycles. The number of aliphatic carboxylic acids is 1. The highest BCUT2D eigenvalue weighted by atomic mass is 32.2. The van der Waals surface area contributed by atoms with E-state index in [1.54, 1.807) is 13.0 Å². The molecule has 1 aliphatic rings. The zero-order valence-corrected chi connectivity index (χ0v) is 8.62. The quantitative estimate of drug-likeness (QED) is 0.692. The molecule has 1 unspecified atom stereocenters. The summed E-state index contributed by atoms with van der Waals surface area (Å²) in [6.07, 6.45) is 4.44. The van der Waals surface area contributed by atoms with Gasteiger partial charge in [-0.2, -0.15) is 0 Å². The van der Waals surface area contributed by atoms with Crippen molar-refractivity contribution in [3.8, 4) is 0 Å². The van der Waals surface area contributed by atoms with Crippen LogP contribution in [-0.2, 0) is 14.6 Å². The van der Waals surface area contributed by atoms with E-state index in [1.807, 2.05) is 0 Å². The summed E-state index contributed by atoms with van der Waals surface area (Å²) in [5, 5.41) is 7.85. The van der Waals surface area contributed by atoms with Crippen LogP contribution in [0.2, 0.25) is 0 Å². The molecule has 0 aromatic carbocycles. The Morgan fingerprint density at radius 3 is 2.64 bits per heavy atom. The second-order valence-corrected chi connectivity index (χ2v) is 5.64. The van der Waals surface area contributed by atoms with Gasteiger partial charge in [0.05, 0.1) is 11.0 Å². The van der Waals surface area contributed by atoms with E-state index in [9.17, 15) is 13.2 Å². The second kappa shape index (κ2) is 3.96. The van der Waals surface area contributed by atoms with Crippen molar-refractivity contribution in [3.05, 3.63) is 23.8 Å². The number of carboxylic acids is 1. The first kappa shape index (κ1) is 11.0. The zero-order chi connectivity index (χ0) is 10.8. The Hall–Kier alpha value is -1.10. The van der Waals surface area contributed by atoms with Crippen LogP contribution >= 0.6 is 0 Å². The molecule has 1 atom stereocenters. The first-order valence-electron chi connectivity index (χ1n) is 4.25. The average molecular weight is 216 g/mol. The minimum atomic E-state index is -2.97. The van der Waals surface area contributed by atoms with Gasteiger partial charge in [-0.05, 0) is 13.3 Å². The molecule has 0 aromatic rings. The molecule has 78 valence electrons. The molecule has 0 bridgehead atoms.